The maximum Gasteiger partial charge on any atom is 0.214 e. The lowest BCUT2D eigenvalue weighted by Gasteiger charge is -2.03. The lowest BCUT2D eigenvalue weighted by molar-refractivity contribution is 0.411. The molecule has 0 N–H and O–H groups in total. The number of aryl methyl sites for hydroxylation is 1. The predicted molar refractivity (Wildman–Crippen MR) is 59.5 cm³/mol. The van der Waals surface area contributed by atoms with Gasteiger partial charge in [-0.3, -0.25) is 0 Å². The molecule has 1 aromatic rings. The van der Waals surface area contributed by atoms with E-state index in [9.17, 15) is 8.42 Å². The van der Waals surface area contributed by atoms with E-state index in [1.54, 1.807) is 25.3 Å². The Kier molecular flexibility index (Phi) is 3.38. The lowest BCUT2D eigenvalue weighted by Crippen LogP contribution is -1.90. The van der Waals surface area contributed by atoms with Crippen LogP contribution < -0.4 is 4.74 Å². The first-order valence-corrected chi connectivity index (χ1v) is 6.19. The van der Waals surface area contributed by atoms with Gasteiger partial charge >= 0.3 is 0 Å². The summed E-state index contributed by atoms with van der Waals surface area (Å²) in [6.45, 7) is 1.88. The van der Waals surface area contributed by atoms with Crippen molar-refractivity contribution >= 4 is 9.84 Å². The molecule has 3 nitrogen and oxygen atoms in total. The standard InChI is InChI=1S/C11H12O3S/c1-9-8-10(4-5-11(9)14-2)6-7-15(3,12)13/h4-5,8H,1-3H3. The summed E-state index contributed by atoms with van der Waals surface area (Å²) in [6, 6.07) is 5.28. The van der Waals surface area contributed by atoms with E-state index in [2.05, 4.69) is 11.2 Å². The third kappa shape index (κ3) is 3.64. The van der Waals surface area contributed by atoms with Crippen molar-refractivity contribution in [3.05, 3.63) is 29.3 Å². The monoisotopic (exact) mass is 224 g/mol. The molecule has 0 amide bonds. The summed E-state index contributed by atoms with van der Waals surface area (Å²) in [4.78, 5) is 0. The minimum absolute atomic E-state index is 0.665. The molecule has 0 fully saturated rings. The van der Waals surface area contributed by atoms with Gasteiger partial charge in [0.05, 0.1) is 13.4 Å². The normalized spacial score (nSPS) is 10.3. The van der Waals surface area contributed by atoms with Crippen LogP contribution in [0.4, 0.5) is 0 Å². The summed E-state index contributed by atoms with van der Waals surface area (Å²) in [5.41, 5.74) is 1.59. The summed E-state index contributed by atoms with van der Waals surface area (Å²) in [5.74, 6) is 3.35. The number of hydrogen-bond donors (Lipinski definition) is 0. The molecule has 4 heteroatoms. The summed E-state index contributed by atoms with van der Waals surface area (Å²) in [7, 11) is -1.66. The fraction of sp³-hybridized carbons (Fsp3) is 0.273. The Hall–Kier alpha value is -1.47. The van der Waals surface area contributed by atoms with Gasteiger partial charge in [-0.25, -0.2) is 8.42 Å². The van der Waals surface area contributed by atoms with Crippen molar-refractivity contribution in [3.63, 3.8) is 0 Å². The topological polar surface area (TPSA) is 43.4 Å². The van der Waals surface area contributed by atoms with Crippen LogP contribution in [0.25, 0.3) is 0 Å². The summed E-state index contributed by atoms with van der Waals surface area (Å²) >= 11 is 0. The molecule has 1 rings (SSSR count). The van der Waals surface area contributed by atoms with Crippen LogP contribution in [0.2, 0.25) is 0 Å². The average molecular weight is 224 g/mol. The fourth-order valence-corrected chi connectivity index (χ4v) is 1.41. The van der Waals surface area contributed by atoms with E-state index in [4.69, 9.17) is 4.74 Å². The molecule has 0 aliphatic heterocycles. The van der Waals surface area contributed by atoms with Gasteiger partial charge in [-0.1, -0.05) is 5.92 Å². The van der Waals surface area contributed by atoms with Gasteiger partial charge in [0.1, 0.15) is 5.75 Å². The van der Waals surface area contributed by atoms with E-state index in [1.807, 2.05) is 6.92 Å². The van der Waals surface area contributed by atoms with E-state index in [1.165, 1.54) is 0 Å². The molecule has 80 valence electrons. The van der Waals surface area contributed by atoms with Gasteiger partial charge in [-0.15, -0.1) is 0 Å². The quantitative estimate of drug-likeness (QED) is 0.676. The molecule has 0 saturated carbocycles. The van der Waals surface area contributed by atoms with Gasteiger partial charge in [0.15, 0.2) is 0 Å². The third-order valence-corrected chi connectivity index (χ3v) is 2.25. The van der Waals surface area contributed by atoms with Crippen molar-refractivity contribution in [3.8, 4) is 16.9 Å². The molecule has 0 bridgehead atoms. The highest BCUT2D eigenvalue weighted by molar-refractivity contribution is 7.95. The average Bonchev–Trinajstić information content (AvgIpc) is 2.14. The molecule has 15 heavy (non-hydrogen) atoms. The first kappa shape index (κ1) is 11.6. The maximum absolute atomic E-state index is 10.8. The molecular formula is C11H12O3S. The van der Waals surface area contributed by atoms with Gasteiger partial charge in [0, 0.05) is 10.8 Å². The molecular weight excluding hydrogens is 212 g/mol. The second-order valence-electron chi connectivity index (χ2n) is 3.18. The van der Waals surface area contributed by atoms with Crippen molar-refractivity contribution in [2.75, 3.05) is 13.4 Å². The van der Waals surface area contributed by atoms with Crippen LogP contribution >= 0.6 is 0 Å². The number of benzene rings is 1. The van der Waals surface area contributed by atoms with Crippen LogP contribution in [-0.2, 0) is 9.84 Å². The SMILES string of the molecule is COc1ccc(C#CS(C)(=O)=O)cc1C. The number of rotatable bonds is 1. The number of methoxy groups -OCH3 is 1. The first-order chi connectivity index (χ1) is 6.92. The Labute approximate surface area is 90.0 Å². The zero-order valence-corrected chi connectivity index (χ0v) is 9.68. The third-order valence-electron chi connectivity index (χ3n) is 1.78. The molecule has 0 atom stereocenters. The van der Waals surface area contributed by atoms with E-state index < -0.39 is 9.84 Å². The number of sulfone groups is 1. The Morgan fingerprint density at radius 3 is 2.47 bits per heavy atom. The molecule has 0 spiro atoms. The minimum atomic E-state index is -3.24. The summed E-state index contributed by atoms with van der Waals surface area (Å²) in [5, 5.41) is 2.18. The van der Waals surface area contributed by atoms with Crippen LogP contribution in [0.15, 0.2) is 18.2 Å². The van der Waals surface area contributed by atoms with Crippen LogP contribution in [-0.4, -0.2) is 21.8 Å². The number of ether oxygens (including phenoxy) is 1. The van der Waals surface area contributed by atoms with Crippen molar-refractivity contribution < 1.29 is 13.2 Å². The van der Waals surface area contributed by atoms with Crippen LogP contribution in [0, 0.1) is 18.1 Å². The van der Waals surface area contributed by atoms with Crippen molar-refractivity contribution in [2.45, 2.75) is 6.92 Å². The van der Waals surface area contributed by atoms with Gasteiger partial charge in [0.2, 0.25) is 9.84 Å². The Morgan fingerprint density at radius 2 is 2.00 bits per heavy atom. The zero-order valence-electron chi connectivity index (χ0n) is 8.87. The Balaban J connectivity index is 3.08. The molecule has 0 radical (unpaired) electrons. The maximum atomic E-state index is 10.8. The second-order valence-corrected chi connectivity index (χ2v) is 4.93. The van der Waals surface area contributed by atoms with Crippen LogP contribution in [0.5, 0.6) is 5.75 Å². The Bertz CT molecular complexity index is 518. The van der Waals surface area contributed by atoms with Gasteiger partial charge < -0.3 is 4.74 Å². The van der Waals surface area contributed by atoms with Crippen molar-refractivity contribution in [2.24, 2.45) is 0 Å². The molecule has 0 aliphatic carbocycles. The molecule has 0 saturated heterocycles. The Morgan fingerprint density at radius 1 is 1.33 bits per heavy atom. The number of hydrogen-bond acceptors (Lipinski definition) is 3. The lowest BCUT2D eigenvalue weighted by atomic mass is 10.1. The van der Waals surface area contributed by atoms with Gasteiger partial charge in [-0.2, -0.15) is 0 Å². The highest BCUT2D eigenvalue weighted by atomic mass is 32.2. The highest BCUT2D eigenvalue weighted by Gasteiger charge is 1.98. The van der Waals surface area contributed by atoms with Crippen molar-refractivity contribution in [1.29, 1.82) is 0 Å². The fourth-order valence-electron chi connectivity index (χ4n) is 1.11. The summed E-state index contributed by atoms with van der Waals surface area (Å²) < 4.78 is 26.7. The largest absolute Gasteiger partial charge is 0.496 e. The van der Waals surface area contributed by atoms with E-state index >= 15 is 0 Å². The van der Waals surface area contributed by atoms with Crippen LogP contribution in [0.3, 0.4) is 0 Å². The molecule has 1 aromatic carbocycles. The van der Waals surface area contributed by atoms with Crippen LogP contribution in [0.1, 0.15) is 11.1 Å². The van der Waals surface area contributed by atoms with Crippen molar-refractivity contribution in [1.82, 2.24) is 0 Å². The predicted octanol–water partition coefficient (Wildman–Crippen LogP) is 1.36. The smallest absolute Gasteiger partial charge is 0.214 e. The molecule has 0 heterocycles. The van der Waals surface area contributed by atoms with E-state index in [0.717, 1.165) is 17.6 Å². The summed E-state index contributed by atoms with van der Waals surface area (Å²) in [6.07, 6.45) is 1.08. The minimum Gasteiger partial charge on any atom is -0.496 e. The molecule has 0 unspecified atom stereocenters. The molecule has 0 aliphatic rings. The first-order valence-electron chi connectivity index (χ1n) is 4.30. The zero-order chi connectivity index (χ0) is 11.5. The van der Waals surface area contributed by atoms with Gasteiger partial charge in [0.25, 0.3) is 0 Å². The van der Waals surface area contributed by atoms with E-state index in [-0.39, 0.29) is 0 Å². The highest BCUT2D eigenvalue weighted by Crippen LogP contribution is 2.17. The second kappa shape index (κ2) is 4.37. The van der Waals surface area contributed by atoms with Gasteiger partial charge in [-0.05, 0) is 30.7 Å². The molecule has 0 aromatic heterocycles. The van der Waals surface area contributed by atoms with E-state index in [0.29, 0.717) is 5.56 Å².